The van der Waals surface area contributed by atoms with Gasteiger partial charge >= 0.3 is 0 Å². The van der Waals surface area contributed by atoms with E-state index in [1.165, 1.54) is 0 Å². The van der Waals surface area contributed by atoms with Gasteiger partial charge in [-0.15, -0.1) is 0 Å². The van der Waals surface area contributed by atoms with Gasteiger partial charge in [0.1, 0.15) is 0 Å². The van der Waals surface area contributed by atoms with E-state index in [1.807, 2.05) is 32.2 Å². The van der Waals surface area contributed by atoms with Crippen molar-refractivity contribution < 1.29 is 19.1 Å². The van der Waals surface area contributed by atoms with Crippen molar-refractivity contribution in [3.05, 3.63) is 46.3 Å². The van der Waals surface area contributed by atoms with Gasteiger partial charge in [0.2, 0.25) is 0 Å². The van der Waals surface area contributed by atoms with Crippen LogP contribution >= 0.6 is 0 Å². The summed E-state index contributed by atoms with van der Waals surface area (Å²) in [7, 11) is 3.65. The zero-order valence-electron chi connectivity index (χ0n) is 20.4. The molecule has 172 valence electrons. The van der Waals surface area contributed by atoms with Crippen LogP contribution in [-0.4, -0.2) is 37.2 Å². The number of nitrogens with zero attached hydrogens (tertiary/aromatic N) is 1. The quantitative estimate of drug-likeness (QED) is 0.630. The Kier molecular flexibility index (Phi) is 5.51. The second-order valence-electron chi connectivity index (χ2n) is 10.9. The van der Waals surface area contributed by atoms with Crippen LogP contribution in [0.4, 0.5) is 0 Å². The van der Waals surface area contributed by atoms with Gasteiger partial charge in [0.15, 0.2) is 23.1 Å². The van der Waals surface area contributed by atoms with Crippen LogP contribution in [-0.2, 0) is 9.59 Å². The SMILES string of the molecule is CCOc1cc(C2C3=C(CC(C)(C)CC3=O)N(C)C3=C2C(=O)CC(C)(C)C3)ccc1OC. The maximum atomic E-state index is 13.5. The summed E-state index contributed by atoms with van der Waals surface area (Å²) in [5.74, 6) is 1.23. The lowest BCUT2D eigenvalue weighted by molar-refractivity contribution is -0.119. The molecule has 4 rings (SSSR count). The molecule has 0 spiro atoms. The highest BCUT2D eigenvalue weighted by Gasteiger charge is 2.48. The van der Waals surface area contributed by atoms with E-state index >= 15 is 0 Å². The molecule has 0 saturated carbocycles. The summed E-state index contributed by atoms with van der Waals surface area (Å²) in [6.07, 6.45) is 2.63. The molecule has 5 heteroatoms. The maximum Gasteiger partial charge on any atom is 0.162 e. The average Bonchev–Trinajstić information content (AvgIpc) is 2.68. The molecular weight excluding hydrogens is 402 g/mol. The van der Waals surface area contributed by atoms with Gasteiger partial charge in [-0.1, -0.05) is 33.8 Å². The average molecular weight is 438 g/mol. The summed E-state index contributed by atoms with van der Waals surface area (Å²) >= 11 is 0. The molecule has 0 bridgehead atoms. The Morgan fingerprint density at radius 2 is 1.44 bits per heavy atom. The molecule has 0 saturated heterocycles. The van der Waals surface area contributed by atoms with Crippen LogP contribution in [0, 0.1) is 10.8 Å². The molecule has 5 nitrogen and oxygen atoms in total. The predicted octanol–water partition coefficient (Wildman–Crippen LogP) is 5.41. The molecular formula is C27H35NO4. The summed E-state index contributed by atoms with van der Waals surface area (Å²) < 4.78 is 11.3. The number of benzene rings is 1. The van der Waals surface area contributed by atoms with Gasteiger partial charge in [-0.3, -0.25) is 9.59 Å². The molecule has 1 aromatic carbocycles. The fraction of sp³-hybridized carbons (Fsp3) is 0.556. The number of methoxy groups -OCH3 is 1. The fourth-order valence-electron chi connectivity index (χ4n) is 5.64. The first-order chi connectivity index (χ1) is 15.0. The van der Waals surface area contributed by atoms with Crippen LogP contribution in [0.25, 0.3) is 0 Å². The highest BCUT2D eigenvalue weighted by Crippen LogP contribution is 2.54. The summed E-state index contributed by atoms with van der Waals surface area (Å²) in [4.78, 5) is 29.2. The number of carbonyl (C=O) groups excluding carboxylic acids is 2. The van der Waals surface area contributed by atoms with Crippen LogP contribution in [0.2, 0.25) is 0 Å². The zero-order valence-corrected chi connectivity index (χ0v) is 20.4. The van der Waals surface area contributed by atoms with E-state index in [2.05, 4.69) is 32.6 Å². The summed E-state index contributed by atoms with van der Waals surface area (Å²) in [5, 5.41) is 0. The Hall–Kier alpha value is -2.56. The number of ketones is 2. The van der Waals surface area contributed by atoms with E-state index < -0.39 is 0 Å². The lowest BCUT2D eigenvalue weighted by Crippen LogP contribution is -2.43. The van der Waals surface area contributed by atoms with Crippen molar-refractivity contribution in [2.45, 2.75) is 66.2 Å². The lowest BCUT2D eigenvalue weighted by atomic mass is 9.64. The molecule has 0 fully saturated rings. The van der Waals surface area contributed by atoms with E-state index in [1.54, 1.807) is 7.11 Å². The fourth-order valence-corrected chi connectivity index (χ4v) is 5.64. The Labute approximate surface area is 191 Å². The van der Waals surface area contributed by atoms with Gasteiger partial charge in [0, 0.05) is 48.3 Å². The third kappa shape index (κ3) is 3.76. The second-order valence-corrected chi connectivity index (χ2v) is 10.9. The van der Waals surface area contributed by atoms with Gasteiger partial charge in [-0.25, -0.2) is 0 Å². The Bertz CT molecular complexity index is 990. The summed E-state index contributed by atoms with van der Waals surface area (Å²) in [6, 6.07) is 5.81. The number of carbonyl (C=O) groups is 2. The molecule has 1 heterocycles. The Morgan fingerprint density at radius 1 is 0.906 bits per heavy atom. The van der Waals surface area contributed by atoms with Gasteiger partial charge in [0.25, 0.3) is 0 Å². The zero-order chi connectivity index (χ0) is 23.4. The van der Waals surface area contributed by atoms with Crippen molar-refractivity contribution >= 4 is 11.6 Å². The van der Waals surface area contributed by atoms with Crippen LogP contribution in [0.1, 0.15) is 71.8 Å². The maximum absolute atomic E-state index is 13.5. The largest absolute Gasteiger partial charge is 0.493 e. The second kappa shape index (κ2) is 7.79. The standard InChI is InChI=1S/C27H35NO4/c1-8-32-22-11-16(9-10-21(22)31-7)23-24-17(12-26(2,3)14-19(24)29)28(6)18-13-27(4,5)15-20(30)25(18)23/h9-11,23H,8,12-15H2,1-7H3. The molecule has 0 atom stereocenters. The van der Waals surface area contributed by atoms with Gasteiger partial charge in [-0.05, 0) is 48.3 Å². The van der Waals surface area contributed by atoms with Crippen molar-refractivity contribution in [2.75, 3.05) is 20.8 Å². The predicted molar refractivity (Wildman–Crippen MR) is 125 cm³/mol. The molecule has 1 aromatic rings. The Balaban J connectivity index is 1.95. The normalized spacial score (nSPS) is 22.7. The van der Waals surface area contributed by atoms with Crippen molar-refractivity contribution in [1.82, 2.24) is 4.90 Å². The Morgan fingerprint density at radius 3 is 1.91 bits per heavy atom. The molecule has 1 aliphatic heterocycles. The number of hydrogen-bond donors (Lipinski definition) is 0. The van der Waals surface area contributed by atoms with Crippen LogP contribution in [0.15, 0.2) is 40.7 Å². The summed E-state index contributed by atoms with van der Waals surface area (Å²) in [5.41, 5.74) is 4.42. The minimum absolute atomic E-state index is 0.0998. The van der Waals surface area contributed by atoms with Crippen LogP contribution in [0.5, 0.6) is 11.5 Å². The van der Waals surface area contributed by atoms with Crippen LogP contribution < -0.4 is 9.47 Å². The number of Topliss-reactive ketones (excluding diaryl/α,β-unsaturated/α-hetero) is 2. The molecule has 3 aliphatic rings. The third-order valence-corrected chi connectivity index (χ3v) is 7.00. The minimum atomic E-state index is -0.353. The molecule has 0 N–H and O–H groups in total. The molecule has 0 radical (unpaired) electrons. The monoisotopic (exact) mass is 437 g/mol. The molecule has 0 unspecified atom stereocenters. The van der Waals surface area contributed by atoms with Gasteiger partial charge in [0.05, 0.1) is 13.7 Å². The summed E-state index contributed by atoms with van der Waals surface area (Å²) in [6.45, 7) is 11.0. The van der Waals surface area contributed by atoms with E-state index in [4.69, 9.17) is 9.47 Å². The molecule has 0 aromatic heterocycles. The highest BCUT2D eigenvalue weighted by atomic mass is 16.5. The highest BCUT2D eigenvalue weighted by molar-refractivity contribution is 6.06. The lowest BCUT2D eigenvalue weighted by Gasteiger charge is -2.47. The van der Waals surface area contributed by atoms with Crippen molar-refractivity contribution in [3.8, 4) is 11.5 Å². The minimum Gasteiger partial charge on any atom is -0.493 e. The van der Waals surface area contributed by atoms with E-state index in [0.717, 1.165) is 40.9 Å². The number of allylic oxidation sites excluding steroid dienone is 4. The van der Waals surface area contributed by atoms with E-state index in [0.29, 0.717) is 30.9 Å². The van der Waals surface area contributed by atoms with Gasteiger partial charge in [-0.2, -0.15) is 0 Å². The van der Waals surface area contributed by atoms with Gasteiger partial charge < -0.3 is 14.4 Å². The van der Waals surface area contributed by atoms with Crippen LogP contribution in [0.3, 0.4) is 0 Å². The first-order valence-electron chi connectivity index (χ1n) is 11.5. The smallest absolute Gasteiger partial charge is 0.162 e. The number of hydrogen-bond acceptors (Lipinski definition) is 5. The van der Waals surface area contributed by atoms with Crippen molar-refractivity contribution in [2.24, 2.45) is 10.8 Å². The first kappa shape index (κ1) is 22.6. The molecule has 2 aliphatic carbocycles. The molecule has 32 heavy (non-hydrogen) atoms. The first-order valence-corrected chi connectivity index (χ1v) is 11.5. The van der Waals surface area contributed by atoms with Crippen molar-refractivity contribution in [1.29, 1.82) is 0 Å². The number of rotatable bonds is 4. The van der Waals surface area contributed by atoms with E-state index in [-0.39, 0.29) is 28.3 Å². The molecule has 0 amide bonds. The number of ether oxygens (including phenoxy) is 2. The van der Waals surface area contributed by atoms with Crippen molar-refractivity contribution in [3.63, 3.8) is 0 Å². The topological polar surface area (TPSA) is 55.8 Å². The third-order valence-electron chi connectivity index (χ3n) is 7.00. The van der Waals surface area contributed by atoms with E-state index in [9.17, 15) is 9.59 Å².